The molecule has 0 radical (unpaired) electrons. The van der Waals surface area contributed by atoms with Crippen molar-refractivity contribution in [1.82, 2.24) is 4.90 Å². The first-order valence-corrected chi connectivity index (χ1v) is 18.2. The van der Waals surface area contributed by atoms with Crippen molar-refractivity contribution in [1.29, 1.82) is 0 Å². The topological polar surface area (TPSA) is 60.8 Å². The molecule has 3 saturated carbocycles. The summed E-state index contributed by atoms with van der Waals surface area (Å²) >= 11 is 0. The van der Waals surface area contributed by atoms with Crippen LogP contribution in [0.15, 0.2) is 18.2 Å². The Balaban J connectivity index is 1.09. The van der Waals surface area contributed by atoms with E-state index in [2.05, 4.69) is 11.8 Å². The van der Waals surface area contributed by atoms with Gasteiger partial charge in [-0.15, -0.1) is 0 Å². The van der Waals surface area contributed by atoms with Crippen molar-refractivity contribution in [3.05, 3.63) is 29.3 Å². The van der Waals surface area contributed by atoms with Crippen LogP contribution < -0.4 is 0 Å². The fourth-order valence-corrected chi connectivity index (χ4v) is 10.7. The molecular weight excluding hydrogens is 616 g/mol. The zero-order valence-electron chi connectivity index (χ0n) is 26.4. The van der Waals surface area contributed by atoms with Gasteiger partial charge in [-0.05, 0) is 130 Å². The van der Waals surface area contributed by atoms with Crippen molar-refractivity contribution in [3.8, 4) is 5.75 Å². The summed E-state index contributed by atoms with van der Waals surface area (Å²) in [6, 6.07) is 5.21. The number of unbranched alkanes of at least 4 members (excludes halogenated alkanes) is 2. The molecule has 0 heterocycles. The maximum absolute atomic E-state index is 16.4. The minimum absolute atomic E-state index is 0.00715. The average Bonchev–Trinajstić information content (AvgIpc) is 3.74. The average molecular weight is 666 g/mol. The maximum atomic E-state index is 16.4. The Morgan fingerprint density at radius 1 is 0.978 bits per heavy atom. The molecule has 0 aromatic heterocycles. The number of hydrogen-bond acceptors (Lipinski definition) is 4. The van der Waals surface area contributed by atoms with Crippen molar-refractivity contribution >= 4 is 10.8 Å². The summed E-state index contributed by atoms with van der Waals surface area (Å²) < 4.78 is 91.4. The zero-order valence-corrected chi connectivity index (χ0v) is 27.3. The Labute approximate surface area is 265 Å². The molecule has 1 spiro atoms. The second-order valence-corrected chi connectivity index (χ2v) is 16.4. The van der Waals surface area contributed by atoms with Crippen LogP contribution in [0.25, 0.3) is 0 Å². The minimum Gasteiger partial charge on any atom is -0.508 e. The summed E-state index contributed by atoms with van der Waals surface area (Å²) in [5.74, 6) is -4.00. The van der Waals surface area contributed by atoms with Crippen LogP contribution in [-0.2, 0) is 10.8 Å². The summed E-state index contributed by atoms with van der Waals surface area (Å²) in [5, 5.41) is 21.3. The number of aromatic hydroxyl groups is 1. The molecule has 45 heavy (non-hydrogen) atoms. The monoisotopic (exact) mass is 665 g/mol. The first-order valence-electron chi connectivity index (χ1n) is 16.7. The van der Waals surface area contributed by atoms with E-state index in [9.17, 15) is 36.4 Å². The molecule has 0 amide bonds. The fraction of sp³-hybridized carbons (Fsp3) is 0.824. The molecule has 0 aliphatic heterocycles. The second-order valence-electron chi connectivity index (χ2n) is 14.7. The highest BCUT2D eigenvalue weighted by molar-refractivity contribution is 7.84. The van der Waals surface area contributed by atoms with Crippen molar-refractivity contribution < 1.29 is 40.8 Å². The number of hydrogen-bond donors (Lipinski definition) is 2. The van der Waals surface area contributed by atoms with Crippen LogP contribution in [0, 0.1) is 28.6 Å². The van der Waals surface area contributed by atoms with Gasteiger partial charge in [-0.1, -0.05) is 25.8 Å². The van der Waals surface area contributed by atoms with Crippen LogP contribution in [0.2, 0.25) is 0 Å². The molecular formula is C34H49F6NO3S. The van der Waals surface area contributed by atoms with E-state index in [4.69, 9.17) is 0 Å². The fourth-order valence-electron chi connectivity index (χ4n) is 9.57. The van der Waals surface area contributed by atoms with E-state index in [1.54, 1.807) is 12.1 Å². The van der Waals surface area contributed by atoms with Crippen molar-refractivity contribution in [2.75, 3.05) is 31.6 Å². The molecule has 4 aliphatic carbocycles. The molecule has 4 unspecified atom stereocenters. The van der Waals surface area contributed by atoms with Gasteiger partial charge in [0.1, 0.15) is 11.9 Å². The highest BCUT2D eigenvalue weighted by atomic mass is 32.2. The van der Waals surface area contributed by atoms with Crippen molar-refractivity contribution in [2.24, 2.45) is 28.6 Å². The van der Waals surface area contributed by atoms with E-state index >= 15 is 4.39 Å². The van der Waals surface area contributed by atoms with Gasteiger partial charge < -0.3 is 15.1 Å². The predicted molar refractivity (Wildman–Crippen MR) is 163 cm³/mol. The number of nitrogens with zero attached hydrogens (tertiary/aromatic N) is 1. The molecule has 0 bridgehead atoms. The summed E-state index contributed by atoms with van der Waals surface area (Å²) in [7, 11) is 0.509. The van der Waals surface area contributed by atoms with Gasteiger partial charge in [-0.2, -0.15) is 22.0 Å². The molecule has 8 atom stereocenters. The quantitative estimate of drug-likeness (QED) is 0.155. The van der Waals surface area contributed by atoms with Crippen molar-refractivity contribution in [3.63, 3.8) is 0 Å². The number of fused-ring (bicyclic) bond motifs is 6. The summed E-state index contributed by atoms with van der Waals surface area (Å²) in [5.41, 5.74) is 1.72. The molecule has 1 aromatic rings. The number of phenols is 1. The molecule has 0 saturated heterocycles. The Morgan fingerprint density at radius 3 is 2.36 bits per heavy atom. The van der Waals surface area contributed by atoms with Crippen LogP contribution in [0.1, 0.15) is 107 Å². The van der Waals surface area contributed by atoms with Gasteiger partial charge in [-0.25, -0.2) is 4.39 Å². The molecule has 3 fully saturated rings. The van der Waals surface area contributed by atoms with Gasteiger partial charge in [0.25, 0.3) is 0 Å². The van der Waals surface area contributed by atoms with Gasteiger partial charge >= 0.3 is 12.1 Å². The molecule has 4 nitrogen and oxygen atoms in total. The lowest BCUT2D eigenvalue weighted by Crippen LogP contribution is -2.47. The van der Waals surface area contributed by atoms with E-state index in [1.165, 1.54) is 0 Å². The summed E-state index contributed by atoms with van der Waals surface area (Å²) in [6.07, 6.45) is 0.137. The van der Waals surface area contributed by atoms with Crippen LogP contribution in [0.5, 0.6) is 5.75 Å². The number of aliphatic hydroxyl groups is 1. The predicted octanol–water partition coefficient (Wildman–Crippen LogP) is 8.30. The summed E-state index contributed by atoms with van der Waals surface area (Å²) in [4.78, 5) is 2.10. The summed E-state index contributed by atoms with van der Waals surface area (Å²) in [6.45, 7) is 3.80. The lowest BCUT2D eigenvalue weighted by atomic mass is 9.50. The normalized spacial score (nSPS) is 32.8. The highest BCUT2D eigenvalue weighted by Crippen LogP contribution is 2.77. The van der Waals surface area contributed by atoms with E-state index < -0.39 is 41.9 Å². The third kappa shape index (κ3) is 6.83. The van der Waals surface area contributed by atoms with Gasteiger partial charge in [0.2, 0.25) is 0 Å². The Morgan fingerprint density at radius 2 is 1.67 bits per heavy atom. The molecule has 2 N–H and O–H groups in total. The maximum Gasteiger partial charge on any atom is 0.453 e. The standard InChI is InChI=1S/C34H49F6NO3S/c1-31-13-11-24-23-10-9-22(42)20-26(23)30(35)25(29(24)27(31)21-28(43)32(31)14-15-32)8-4-3-5-16-41(2)17-7-19-45(44)18-6-12-33(36,37)34(38,39)40/h9-10,20,24-25,27-30,42-43H,3-8,11-19,21H2,1-2H3/t24?,25-,27?,28+,29?,30+,31-,45?/m0/s1. The van der Waals surface area contributed by atoms with Gasteiger partial charge in [0.15, 0.2) is 0 Å². The number of aliphatic hydroxyl groups excluding tert-OH is 1. The Kier molecular flexibility index (Phi) is 10.3. The SMILES string of the molecule is CN(CCCCC[C@H]1C2C(CC[C@@]3(C)C2C[C@@H](O)C32CC2)c2ccc(O)cc2[C@@H]1F)CCCS(=O)CCCC(F)(F)C(F)(F)F. The molecule has 5 rings (SSSR count). The van der Waals surface area contributed by atoms with Crippen LogP contribution in [-0.4, -0.2) is 69.2 Å². The third-order valence-electron chi connectivity index (χ3n) is 12.2. The van der Waals surface area contributed by atoms with Crippen LogP contribution >= 0.6 is 0 Å². The molecule has 11 heteroatoms. The first-order chi connectivity index (χ1) is 21.1. The largest absolute Gasteiger partial charge is 0.508 e. The molecule has 256 valence electrons. The highest BCUT2D eigenvalue weighted by Gasteiger charge is 2.71. The number of halogens is 6. The Hall–Kier alpha value is -1.33. The van der Waals surface area contributed by atoms with E-state index in [1.807, 2.05) is 13.1 Å². The smallest absolute Gasteiger partial charge is 0.453 e. The van der Waals surface area contributed by atoms with E-state index in [-0.39, 0.29) is 57.9 Å². The number of alkyl halides is 6. The van der Waals surface area contributed by atoms with Crippen molar-refractivity contribution in [2.45, 2.75) is 114 Å². The van der Waals surface area contributed by atoms with E-state index in [0.29, 0.717) is 18.5 Å². The first kappa shape index (κ1) is 35.0. The van der Waals surface area contributed by atoms with Gasteiger partial charge in [0, 0.05) is 34.1 Å². The third-order valence-corrected chi connectivity index (χ3v) is 13.7. The van der Waals surface area contributed by atoms with Crippen LogP contribution in [0.4, 0.5) is 26.3 Å². The molecule has 4 aliphatic rings. The minimum atomic E-state index is -5.57. The number of phenolic OH excluding ortho intramolecular Hbond substituents is 1. The van der Waals surface area contributed by atoms with Gasteiger partial charge in [-0.3, -0.25) is 4.21 Å². The van der Waals surface area contributed by atoms with Gasteiger partial charge in [0.05, 0.1) is 6.10 Å². The zero-order chi connectivity index (χ0) is 32.8. The van der Waals surface area contributed by atoms with E-state index in [0.717, 1.165) is 69.9 Å². The number of rotatable bonds is 14. The lowest BCUT2D eigenvalue weighted by molar-refractivity contribution is -0.284. The molecule has 1 aromatic carbocycles. The van der Waals surface area contributed by atoms with Crippen LogP contribution in [0.3, 0.4) is 0 Å². The second kappa shape index (κ2) is 13.3. The lowest BCUT2D eigenvalue weighted by Gasteiger charge is -2.54. The number of benzene rings is 1. The Bertz CT molecular complexity index is 1210.